The third kappa shape index (κ3) is 1.43. The number of halogens is 1. The van der Waals surface area contributed by atoms with Crippen molar-refractivity contribution in [3.8, 4) is 0 Å². The Morgan fingerprint density at radius 3 is 2.81 bits per heavy atom. The summed E-state index contributed by atoms with van der Waals surface area (Å²) in [5.74, 6) is 0.888. The van der Waals surface area contributed by atoms with Crippen LogP contribution in [0.2, 0.25) is 0 Å². The van der Waals surface area contributed by atoms with Gasteiger partial charge in [-0.25, -0.2) is 0 Å². The second-order valence-electron chi connectivity index (χ2n) is 3.86. The van der Waals surface area contributed by atoms with Crippen LogP contribution in [0.3, 0.4) is 0 Å². The molecule has 3 rings (SSSR count). The van der Waals surface area contributed by atoms with Crippen LogP contribution in [0.1, 0.15) is 17.5 Å². The van der Waals surface area contributed by atoms with Gasteiger partial charge in [0.25, 0.3) is 0 Å². The van der Waals surface area contributed by atoms with Gasteiger partial charge in [-0.2, -0.15) is 0 Å². The molecule has 2 aliphatic heterocycles. The van der Waals surface area contributed by atoms with Gasteiger partial charge in [-0.1, -0.05) is 24.3 Å². The highest BCUT2D eigenvalue weighted by molar-refractivity contribution is 14.1. The number of likely N-dealkylation sites (tertiary alicyclic amines) is 1. The molecule has 0 atom stereocenters. The first-order valence-corrected chi connectivity index (χ1v) is 6.26. The first kappa shape index (κ1) is 10.1. The average molecular weight is 327 g/mol. The second-order valence-corrected chi connectivity index (χ2v) is 4.94. The fourth-order valence-corrected chi connectivity index (χ4v) is 2.88. The Hall–Kier alpha value is -1.04. The zero-order chi connectivity index (χ0) is 11.1. The predicted molar refractivity (Wildman–Crippen MR) is 68.5 cm³/mol. The normalized spacial score (nSPS) is 19.1. The van der Waals surface area contributed by atoms with Crippen molar-refractivity contribution < 1.29 is 9.53 Å². The number of hydrogen-bond donors (Lipinski definition) is 0. The van der Waals surface area contributed by atoms with Gasteiger partial charge in [0.2, 0.25) is 11.8 Å². The topological polar surface area (TPSA) is 29.5 Å². The minimum atomic E-state index is 0.156. The Morgan fingerprint density at radius 2 is 2.12 bits per heavy atom. The molecule has 16 heavy (non-hydrogen) atoms. The Kier molecular flexibility index (Phi) is 2.38. The SMILES string of the molecule is O=C1CCN1C1=C(I)c2ccccc2CO1. The van der Waals surface area contributed by atoms with Gasteiger partial charge < -0.3 is 4.74 Å². The maximum Gasteiger partial charge on any atom is 0.231 e. The van der Waals surface area contributed by atoms with Gasteiger partial charge in [-0.3, -0.25) is 9.69 Å². The monoisotopic (exact) mass is 327 g/mol. The van der Waals surface area contributed by atoms with Crippen LogP contribution >= 0.6 is 22.6 Å². The van der Waals surface area contributed by atoms with Gasteiger partial charge in [0.15, 0.2) is 0 Å². The van der Waals surface area contributed by atoms with Gasteiger partial charge in [0.1, 0.15) is 6.61 Å². The van der Waals surface area contributed by atoms with E-state index in [0.717, 1.165) is 16.0 Å². The maximum absolute atomic E-state index is 11.4. The molecule has 3 nitrogen and oxygen atoms in total. The molecule has 0 unspecified atom stereocenters. The van der Waals surface area contributed by atoms with E-state index in [1.54, 1.807) is 4.90 Å². The van der Waals surface area contributed by atoms with Crippen LogP contribution in [0.4, 0.5) is 0 Å². The van der Waals surface area contributed by atoms with E-state index in [2.05, 4.69) is 34.7 Å². The molecule has 4 heteroatoms. The molecule has 1 amide bonds. The predicted octanol–water partition coefficient (Wildman–Crippen LogP) is 2.51. The third-order valence-corrected chi connectivity index (χ3v) is 3.94. The molecule has 1 aromatic rings. The third-order valence-electron chi connectivity index (χ3n) is 2.90. The average Bonchev–Trinajstić information content (AvgIpc) is 2.31. The van der Waals surface area contributed by atoms with Crippen molar-refractivity contribution >= 4 is 32.1 Å². The summed E-state index contributed by atoms with van der Waals surface area (Å²) in [6, 6.07) is 8.15. The van der Waals surface area contributed by atoms with Crippen LogP contribution in [-0.4, -0.2) is 17.4 Å². The first-order valence-electron chi connectivity index (χ1n) is 5.18. The lowest BCUT2D eigenvalue weighted by atomic mass is 10.1. The largest absolute Gasteiger partial charge is 0.473 e. The molecule has 0 aliphatic carbocycles. The fourth-order valence-electron chi connectivity index (χ4n) is 1.91. The summed E-state index contributed by atoms with van der Waals surface area (Å²) in [5, 5.41) is 0. The van der Waals surface area contributed by atoms with Crippen molar-refractivity contribution in [2.24, 2.45) is 0 Å². The molecule has 1 aromatic carbocycles. The number of carbonyl (C=O) groups is 1. The number of β-lactam (4-membered cyclic amide) rings is 1. The highest BCUT2D eigenvalue weighted by atomic mass is 127. The quantitative estimate of drug-likeness (QED) is 0.586. The fraction of sp³-hybridized carbons (Fsp3) is 0.250. The zero-order valence-electron chi connectivity index (χ0n) is 8.57. The van der Waals surface area contributed by atoms with Crippen molar-refractivity contribution in [1.29, 1.82) is 0 Å². The lowest BCUT2D eigenvalue weighted by Gasteiger charge is -2.35. The van der Waals surface area contributed by atoms with Gasteiger partial charge >= 0.3 is 0 Å². The minimum Gasteiger partial charge on any atom is -0.473 e. The molecule has 0 bridgehead atoms. The number of nitrogens with zero attached hydrogens (tertiary/aromatic N) is 1. The van der Waals surface area contributed by atoms with Gasteiger partial charge in [-0.15, -0.1) is 0 Å². The molecule has 0 saturated carbocycles. The molecule has 0 N–H and O–H groups in total. The Morgan fingerprint density at radius 1 is 1.31 bits per heavy atom. The number of fused-ring (bicyclic) bond motifs is 1. The summed E-state index contributed by atoms with van der Waals surface area (Å²) in [6.45, 7) is 1.34. The Bertz CT molecular complexity index is 496. The summed E-state index contributed by atoms with van der Waals surface area (Å²) in [5.41, 5.74) is 2.37. The van der Waals surface area contributed by atoms with Crippen LogP contribution in [0.5, 0.6) is 0 Å². The van der Waals surface area contributed by atoms with Crippen LogP contribution in [-0.2, 0) is 16.1 Å². The number of rotatable bonds is 1. The molecule has 0 spiro atoms. The van der Waals surface area contributed by atoms with Gasteiger partial charge in [0.05, 0.1) is 3.58 Å². The smallest absolute Gasteiger partial charge is 0.231 e. The molecule has 1 saturated heterocycles. The lowest BCUT2D eigenvalue weighted by Crippen LogP contribution is -2.43. The van der Waals surface area contributed by atoms with Crippen molar-refractivity contribution in [1.82, 2.24) is 4.90 Å². The summed E-state index contributed by atoms with van der Waals surface area (Å²) in [7, 11) is 0. The number of hydrogen-bond acceptors (Lipinski definition) is 2. The second kappa shape index (κ2) is 3.76. The summed E-state index contributed by atoms with van der Waals surface area (Å²) in [6.07, 6.45) is 0.637. The van der Waals surface area contributed by atoms with Crippen LogP contribution in [0.25, 0.3) is 3.58 Å². The first-order chi connectivity index (χ1) is 7.77. The zero-order valence-corrected chi connectivity index (χ0v) is 10.7. The van der Waals surface area contributed by atoms with Crippen molar-refractivity contribution in [2.75, 3.05) is 6.54 Å². The summed E-state index contributed by atoms with van der Waals surface area (Å²) < 4.78 is 6.70. The number of ether oxygens (including phenoxy) is 1. The summed E-state index contributed by atoms with van der Waals surface area (Å²) in [4.78, 5) is 13.1. The van der Waals surface area contributed by atoms with Crippen molar-refractivity contribution in [3.05, 3.63) is 41.3 Å². The lowest BCUT2D eigenvalue weighted by molar-refractivity contribution is -0.140. The van der Waals surface area contributed by atoms with E-state index in [0.29, 0.717) is 13.0 Å². The highest BCUT2D eigenvalue weighted by Crippen LogP contribution is 2.37. The molecule has 0 radical (unpaired) electrons. The van der Waals surface area contributed by atoms with E-state index < -0.39 is 0 Å². The van der Waals surface area contributed by atoms with Crippen molar-refractivity contribution in [2.45, 2.75) is 13.0 Å². The van der Waals surface area contributed by atoms with Crippen LogP contribution in [0, 0.1) is 0 Å². The molecule has 0 aromatic heterocycles. The van der Waals surface area contributed by atoms with E-state index in [-0.39, 0.29) is 5.91 Å². The standard InChI is InChI=1S/C12H10INO2/c13-11-9-4-2-1-3-8(9)7-16-12(11)14-6-5-10(14)15/h1-4H,5-7H2. The number of amides is 1. The maximum atomic E-state index is 11.4. The molecule has 82 valence electrons. The van der Waals surface area contributed by atoms with Crippen molar-refractivity contribution in [3.63, 3.8) is 0 Å². The van der Waals surface area contributed by atoms with Gasteiger partial charge in [-0.05, 0) is 33.7 Å². The van der Waals surface area contributed by atoms with Crippen LogP contribution < -0.4 is 0 Å². The van der Waals surface area contributed by atoms with Gasteiger partial charge in [0, 0.05) is 13.0 Å². The Labute approximate surface area is 107 Å². The number of carbonyl (C=O) groups excluding carboxylic acids is 1. The summed E-state index contributed by atoms with van der Waals surface area (Å²) >= 11 is 2.25. The van der Waals surface area contributed by atoms with E-state index in [1.807, 2.05) is 12.1 Å². The minimum absolute atomic E-state index is 0.156. The molecule has 1 fully saturated rings. The highest BCUT2D eigenvalue weighted by Gasteiger charge is 2.32. The molecule has 2 heterocycles. The Balaban J connectivity index is 2.05. The number of benzene rings is 1. The van der Waals surface area contributed by atoms with Crippen LogP contribution in [0.15, 0.2) is 30.1 Å². The van der Waals surface area contributed by atoms with E-state index in [9.17, 15) is 4.79 Å². The molecular weight excluding hydrogens is 317 g/mol. The van der Waals surface area contributed by atoms with E-state index in [1.165, 1.54) is 11.1 Å². The molecule has 2 aliphatic rings. The molecular formula is C12H10INO2. The van der Waals surface area contributed by atoms with E-state index >= 15 is 0 Å². The van der Waals surface area contributed by atoms with E-state index in [4.69, 9.17) is 4.74 Å².